The maximum atomic E-state index is 10.9. The molecular weight excluding hydrogens is 232 g/mol. The van der Waals surface area contributed by atoms with Crippen molar-refractivity contribution in [3.05, 3.63) is 23.8 Å². The summed E-state index contributed by atoms with van der Waals surface area (Å²) in [4.78, 5) is 10.9. The summed E-state index contributed by atoms with van der Waals surface area (Å²) in [6, 6.07) is 4.76. The molecule has 1 N–H and O–H groups in total. The average molecular weight is 250 g/mol. The Labute approximate surface area is 107 Å². The van der Waals surface area contributed by atoms with E-state index in [1.54, 1.807) is 12.1 Å². The summed E-state index contributed by atoms with van der Waals surface area (Å²) in [7, 11) is 0. The summed E-state index contributed by atoms with van der Waals surface area (Å²) in [6.45, 7) is 2.36. The number of aromatic carboxylic acids is 1. The van der Waals surface area contributed by atoms with E-state index >= 15 is 0 Å². The predicted octanol–water partition coefficient (Wildman–Crippen LogP) is 3.10. The number of hydrogen-bond acceptors (Lipinski definition) is 3. The minimum Gasteiger partial charge on any atom is -0.490 e. The molecule has 0 aromatic heterocycles. The molecule has 2 rings (SSSR count). The fourth-order valence-electron chi connectivity index (χ4n) is 2.19. The molecule has 1 aromatic rings. The second kappa shape index (κ2) is 5.76. The molecule has 1 aliphatic rings. The van der Waals surface area contributed by atoms with Crippen molar-refractivity contribution in [1.82, 2.24) is 0 Å². The van der Waals surface area contributed by atoms with Crippen LogP contribution in [-0.2, 0) is 0 Å². The smallest absolute Gasteiger partial charge is 0.335 e. The molecule has 98 valence electrons. The molecule has 0 aliphatic heterocycles. The predicted molar refractivity (Wildman–Crippen MR) is 67.5 cm³/mol. The number of hydrogen-bond donors (Lipinski definition) is 1. The Morgan fingerprint density at radius 1 is 1.33 bits per heavy atom. The van der Waals surface area contributed by atoms with Crippen molar-refractivity contribution in [3.8, 4) is 11.5 Å². The lowest BCUT2D eigenvalue weighted by Crippen LogP contribution is -2.12. The number of rotatable bonds is 5. The van der Waals surface area contributed by atoms with E-state index < -0.39 is 5.97 Å². The standard InChI is InChI=1S/C14H18O4/c1-2-17-13-9-10(14(15)16)7-8-12(13)18-11-5-3-4-6-11/h7-9,11H,2-6H2,1H3,(H,15,16). The molecule has 0 radical (unpaired) electrons. The zero-order valence-corrected chi connectivity index (χ0v) is 10.5. The molecule has 1 fully saturated rings. The van der Waals surface area contributed by atoms with Gasteiger partial charge in [-0.05, 0) is 50.8 Å². The summed E-state index contributed by atoms with van der Waals surface area (Å²) in [6.07, 6.45) is 4.75. The lowest BCUT2D eigenvalue weighted by atomic mass is 10.2. The number of ether oxygens (including phenoxy) is 2. The van der Waals surface area contributed by atoms with Crippen molar-refractivity contribution in [2.24, 2.45) is 0 Å². The Morgan fingerprint density at radius 2 is 2.06 bits per heavy atom. The molecule has 1 aromatic carbocycles. The third-order valence-electron chi connectivity index (χ3n) is 3.09. The van der Waals surface area contributed by atoms with Gasteiger partial charge >= 0.3 is 5.97 Å². The first-order valence-electron chi connectivity index (χ1n) is 6.37. The largest absolute Gasteiger partial charge is 0.490 e. The molecule has 0 saturated heterocycles. The Hall–Kier alpha value is -1.71. The van der Waals surface area contributed by atoms with Crippen LogP contribution in [0.25, 0.3) is 0 Å². The van der Waals surface area contributed by atoms with Crippen LogP contribution in [0.15, 0.2) is 18.2 Å². The van der Waals surface area contributed by atoms with Crippen LogP contribution in [0.1, 0.15) is 43.0 Å². The van der Waals surface area contributed by atoms with Crippen LogP contribution in [0.4, 0.5) is 0 Å². The van der Waals surface area contributed by atoms with Crippen molar-refractivity contribution >= 4 is 5.97 Å². The first-order valence-corrected chi connectivity index (χ1v) is 6.37. The average Bonchev–Trinajstić information content (AvgIpc) is 2.84. The third-order valence-corrected chi connectivity index (χ3v) is 3.09. The molecule has 0 heterocycles. The minimum atomic E-state index is -0.955. The number of carbonyl (C=O) groups is 1. The van der Waals surface area contributed by atoms with E-state index in [4.69, 9.17) is 14.6 Å². The van der Waals surface area contributed by atoms with Crippen LogP contribution in [0, 0.1) is 0 Å². The monoisotopic (exact) mass is 250 g/mol. The van der Waals surface area contributed by atoms with Gasteiger partial charge in [-0.3, -0.25) is 0 Å². The van der Waals surface area contributed by atoms with E-state index in [2.05, 4.69) is 0 Å². The number of carboxylic acids is 1. The first kappa shape index (κ1) is 12.7. The van der Waals surface area contributed by atoms with Gasteiger partial charge in [-0.25, -0.2) is 4.79 Å². The molecule has 0 spiro atoms. The first-order chi connectivity index (χ1) is 8.70. The highest BCUT2D eigenvalue weighted by atomic mass is 16.5. The van der Waals surface area contributed by atoms with Crippen molar-refractivity contribution in [2.45, 2.75) is 38.7 Å². The summed E-state index contributed by atoms with van der Waals surface area (Å²) < 4.78 is 11.3. The molecular formula is C14H18O4. The van der Waals surface area contributed by atoms with Gasteiger partial charge in [-0.2, -0.15) is 0 Å². The Morgan fingerprint density at radius 3 is 2.67 bits per heavy atom. The number of benzene rings is 1. The maximum absolute atomic E-state index is 10.9. The van der Waals surface area contributed by atoms with E-state index in [9.17, 15) is 4.79 Å². The molecule has 4 heteroatoms. The van der Waals surface area contributed by atoms with Crippen LogP contribution in [0.5, 0.6) is 11.5 Å². The fraction of sp³-hybridized carbons (Fsp3) is 0.500. The zero-order chi connectivity index (χ0) is 13.0. The van der Waals surface area contributed by atoms with Gasteiger partial charge in [0.1, 0.15) is 0 Å². The molecule has 4 nitrogen and oxygen atoms in total. The summed E-state index contributed by atoms with van der Waals surface area (Å²) >= 11 is 0. The zero-order valence-electron chi connectivity index (χ0n) is 10.5. The second-order valence-corrected chi connectivity index (χ2v) is 4.42. The lowest BCUT2D eigenvalue weighted by Gasteiger charge is -2.16. The summed E-state index contributed by atoms with van der Waals surface area (Å²) in [5.74, 6) is 0.210. The second-order valence-electron chi connectivity index (χ2n) is 4.42. The van der Waals surface area contributed by atoms with Crippen LogP contribution in [0.2, 0.25) is 0 Å². The van der Waals surface area contributed by atoms with E-state index in [0.29, 0.717) is 18.1 Å². The highest BCUT2D eigenvalue weighted by Crippen LogP contribution is 2.32. The summed E-state index contributed by atoms with van der Waals surface area (Å²) in [5, 5.41) is 8.96. The molecule has 0 amide bonds. The maximum Gasteiger partial charge on any atom is 0.335 e. The molecule has 0 unspecified atom stereocenters. The van der Waals surface area contributed by atoms with Crippen molar-refractivity contribution < 1.29 is 19.4 Å². The van der Waals surface area contributed by atoms with Gasteiger partial charge in [0.25, 0.3) is 0 Å². The van der Waals surface area contributed by atoms with E-state index in [0.717, 1.165) is 12.8 Å². The normalized spacial score (nSPS) is 15.6. The molecule has 18 heavy (non-hydrogen) atoms. The summed E-state index contributed by atoms with van der Waals surface area (Å²) in [5.41, 5.74) is 0.220. The van der Waals surface area contributed by atoms with Gasteiger partial charge in [0.2, 0.25) is 0 Å². The Balaban J connectivity index is 2.19. The van der Waals surface area contributed by atoms with E-state index in [1.165, 1.54) is 18.9 Å². The van der Waals surface area contributed by atoms with E-state index in [1.807, 2.05) is 6.92 Å². The lowest BCUT2D eigenvalue weighted by molar-refractivity contribution is 0.0696. The SMILES string of the molecule is CCOc1cc(C(=O)O)ccc1OC1CCCC1. The molecule has 1 aliphatic carbocycles. The van der Waals surface area contributed by atoms with Gasteiger partial charge in [0, 0.05) is 0 Å². The van der Waals surface area contributed by atoms with Crippen LogP contribution in [0.3, 0.4) is 0 Å². The van der Waals surface area contributed by atoms with Crippen molar-refractivity contribution in [3.63, 3.8) is 0 Å². The van der Waals surface area contributed by atoms with Gasteiger partial charge in [0.05, 0.1) is 18.3 Å². The minimum absolute atomic E-state index is 0.220. The van der Waals surface area contributed by atoms with Gasteiger partial charge in [-0.1, -0.05) is 0 Å². The Kier molecular flexibility index (Phi) is 4.07. The van der Waals surface area contributed by atoms with Crippen LogP contribution in [-0.4, -0.2) is 23.8 Å². The highest BCUT2D eigenvalue weighted by molar-refractivity contribution is 5.88. The van der Waals surface area contributed by atoms with E-state index in [-0.39, 0.29) is 11.7 Å². The van der Waals surface area contributed by atoms with Crippen LogP contribution < -0.4 is 9.47 Å². The highest BCUT2D eigenvalue weighted by Gasteiger charge is 2.19. The molecule has 0 bridgehead atoms. The third kappa shape index (κ3) is 2.94. The molecule has 1 saturated carbocycles. The van der Waals surface area contributed by atoms with Crippen molar-refractivity contribution in [1.29, 1.82) is 0 Å². The van der Waals surface area contributed by atoms with Gasteiger partial charge in [-0.15, -0.1) is 0 Å². The number of carboxylic acid groups (broad SMARTS) is 1. The van der Waals surface area contributed by atoms with Crippen molar-refractivity contribution in [2.75, 3.05) is 6.61 Å². The van der Waals surface area contributed by atoms with Gasteiger partial charge in [0.15, 0.2) is 11.5 Å². The fourth-order valence-corrected chi connectivity index (χ4v) is 2.19. The Bertz CT molecular complexity index is 422. The molecule has 0 atom stereocenters. The topological polar surface area (TPSA) is 55.8 Å². The van der Waals surface area contributed by atoms with Gasteiger partial charge < -0.3 is 14.6 Å². The quantitative estimate of drug-likeness (QED) is 0.872. The van der Waals surface area contributed by atoms with Crippen LogP contribution >= 0.6 is 0 Å².